The van der Waals surface area contributed by atoms with Gasteiger partial charge in [0, 0.05) is 51.4 Å². The number of esters is 2. The predicted molar refractivity (Wildman–Crippen MR) is 116 cm³/mol. The molecule has 37 heavy (non-hydrogen) atoms. The van der Waals surface area contributed by atoms with Crippen LogP contribution in [0.5, 0.6) is 0 Å². The zero-order valence-corrected chi connectivity index (χ0v) is 20.2. The fourth-order valence-electron chi connectivity index (χ4n) is 3.15. The van der Waals surface area contributed by atoms with E-state index in [0.29, 0.717) is 10.1 Å². The summed E-state index contributed by atoms with van der Waals surface area (Å²) in [5.41, 5.74) is 0. The molecule has 0 spiro atoms. The van der Waals surface area contributed by atoms with Gasteiger partial charge in [0.1, 0.15) is 13.2 Å². The molecule has 0 radical (unpaired) electrons. The molecule has 2 heterocycles. The van der Waals surface area contributed by atoms with Crippen LogP contribution in [-0.2, 0) is 57.4 Å². The molecule has 0 saturated carbocycles. The molecule has 0 bridgehead atoms. The van der Waals surface area contributed by atoms with Gasteiger partial charge in [0.15, 0.2) is 6.23 Å². The number of hydroxylamine groups is 4. The summed E-state index contributed by atoms with van der Waals surface area (Å²) < 4.78 is 15.0. The lowest BCUT2D eigenvalue weighted by Crippen LogP contribution is -2.35. The Morgan fingerprint density at radius 1 is 0.676 bits per heavy atom. The fourth-order valence-corrected chi connectivity index (χ4v) is 3.15. The summed E-state index contributed by atoms with van der Waals surface area (Å²) in [5, 5.41) is 10.6. The second-order valence-electron chi connectivity index (χ2n) is 8.01. The van der Waals surface area contributed by atoms with Crippen LogP contribution in [-0.4, -0.2) is 89.5 Å². The van der Waals surface area contributed by atoms with Crippen molar-refractivity contribution in [2.75, 3.05) is 26.4 Å². The molecule has 2 aliphatic rings. The molecule has 0 aliphatic carbocycles. The zero-order valence-electron chi connectivity index (χ0n) is 20.2. The fraction of sp³-hybridized carbons (Fsp3) is 0.682. The summed E-state index contributed by atoms with van der Waals surface area (Å²) in [6.45, 7) is 0.0116. The molecule has 2 rings (SSSR count). The third-order valence-corrected chi connectivity index (χ3v) is 5.04. The van der Waals surface area contributed by atoms with Crippen LogP contribution in [0.4, 0.5) is 0 Å². The van der Waals surface area contributed by atoms with Crippen molar-refractivity contribution in [3.63, 3.8) is 0 Å². The molecule has 1 unspecified atom stereocenters. The van der Waals surface area contributed by atoms with E-state index in [4.69, 9.17) is 19.0 Å². The van der Waals surface area contributed by atoms with Crippen LogP contribution in [0.25, 0.3) is 0 Å². The van der Waals surface area contributed by atoms with Gasteiger partial charge in [-0.25, -0.2) is 9.59 Å². The summed E-state index contributed by atoms with van der Waals surface area (Å²) >= 11 is 0. The van der Waals surface area contributed by atoms with Crippen LogP contribution in [0.3, 0.4) is 0 Å². The van der Waals surface area contributed by atoms with Gasteiger partial charge in [0.25, 0.3) is 17.7 Å². The highest BCUT2D eigenvalue weighted by Crippen LogP contribution is 2.17. The Labute approximate surface area is 211 Å². The smallest absolute Gasteiger partial charge is 0.333 e. The largest absolute Gasteiger partial charge is 0.463 e. The Morgan fingerprint density at radius 2 is 1.16 bits per heavy atom. The third kappa shape index (κ3) is 10.9. The van der Waals surface area contributed by atoms with Crippen molar-refractivity contribution in [2.24, 2.45) is 0 Å². The first-order valence-corrected chi connectivity index (χ1v) is 11.8. The monoisotopic (exact) mass is 530 g/mol. The van der Waals surface area contributed by atoms with E-state index in [1.54, 1.807) is 0 Å². The highest BCUT2D eigenvalue weighted by molar-refractivity contribution is 6.01. The molecule has 2 aliphatic heterocycles. The second-order valence-corrected chi connectivity index (χ2v) is 8.01. The van der Waals surface area contributed by atoms with E-state index in [-0.39, 0.29) is 90.6 Å². The van der Waals surface area contributed by atoms with Crippen molar-refractivity contribution >= 4 is 41.6 Å². The van der Waals surface area contributed by atoms with Crippen molar-refractivity contribution in [1.82, 2.24) is 10.1 Å². The van der Waals surface area contributed by atoms with Gasteiger partial charge in [-0.3, -0.25) is 24.0 Å². The van der Waals surface area contributed by atoms with Crippen LogP contribution < -0.4 is 0 Å². The second kappa shape index (κ2) is 15.5. The topological polar surface area (TPSA) is 192 Å². The van der Waals surface area contributed by atoms with Gasteiger partial charge in [-0.05, 0) is 12.8 Å². The normalized spacial score (nSPS) is 17.2. The van der Waals surface area contributed by atoms with Crippen LogP contribution in [0.15, 0.2) is 0 Å². The molecule has 2 fully saturated rings. The number of hydrogen-bond donors (Lipinski definition) is 1. The molecule has 2 saturated heterocycles. The Bertz CT molecular complexity index is 859. The van der Waals surface area contributed by atoms with E-state index in [2.05, 4.69) is 4.84 Å². The highest BCUT2D eigenvalue weighted by Gasteiger charge is 2.33. The maximum absolute atomic E-state index is 11.7. The molecule has 15 nitrogen and oxygen atoms in total. The van der Waals surface area contributed by atoms with Gasteiger partial charge in [-0.1, -0.05) is 0 Å². The van der Waals surface area contributed by atoms with Crippen LogP contribution in [0, 0.1) is 0 Å². The molecule has 0 aromatic heterocycles. The third-order valence-electron chi connectivity index (χ3n) is 5.04. The minimum Gasteiger partial charge on any atom is -0.463 e. The average molecular weight is 530 g/mol. The molecule has 206 valence electrons. The number of aliphatic hydroxyl groups excluding tert-OH is 1. The predicted octanol–water partition coefficient (Wildman–Crippen LogP) is -0.564. The number of amides is 3. The van der Waals surface area contributed by atoms with E-state index < -0.39 is 47.8 Å². The lowest BCUT2D eigenvalue weighted by Gasteiger charge is -2.18. The van der Waals surface area contributed by atoms with Crippen molar-refractivity contribution in [2.45, 2.75) is 70.4 Å². The first-order chi connectivity index (χ1) is 17.7. The molecular formula is C22H30N2O13. The van der Waals surface area contributed by atoms with Gasteiger partial charge in [0.05, 0.1) is 13.2 Å². The minimum absolute atomic E-state index is 0.00212. The van der Waals surface area contributed by atoms with Gasteiger partial charge in [0.2, 0.25) is 0 Å². The Kier molecular flexibility index (Phi) is 12.4. The van der Waals surface area contributed by atoms with Crippen molar-refractivity contribution in [3.05, 3.63) is 0 Å². The number of ether oxygens (including phenoxy) is 3. The number of carbonyl (C=O) groups is 7. The van der Waals surface area contributed by atoms with Crippen molar-refractivity contribution in [1.29, 1.82) is 0 Å². The number of hydrogen-bond acceptors (Lipinski definition) is 13. The van der Waals surface area contributed by atoms with E-state index in [9.17, 15) is 38.7 Å². The Hall–Kier alpha value is -3.59. The quantitative estimate of drug-likeness (QED) is 0.152. The Morgan fingerprint density at radius 3 is 1.65 bits per heavy atom. The van der Waals surface area contributed by atoms with E-state index in [0.717, 1.165) is 0 Å². The summed E-state index contributed by atoms with van der Waals surface area (Å²) in [6.07, 6.45) is -1.05. The SMILES string of the molecule is O=C(CCCC(=O)ON1C(=O)CCC1=O)OCCOCCOC(=O)CCCC(=O)ON1C(=O)CCC1O. The molecule has 1 N–H and O–H groups in total. The standard InChI is InChI=1S/C22H30N2O13/c25-15-7-8-16(26)23(15)36-21(31)5-1-3-19(29)34-13-11-33-12-14-35-20(30)4-2-6-22(32)37-24-17(27)9-10-18(24)28/h15,25H,1-14H2. The zero-order chi connectivity index (χ0) is 27.2. The minimum atomic E-state index is -1.15. The average Bonchev–Trinajstić information content (AvgIpc) is 3.33. The molecule has 3 amide bonds. The van der Waals surface area contributed by atoms with Crippen LogP contribution >= 0.6 is 0 Å². The molecular weight excluding hydrogens is 500 g/mol. The molecule has 0 aromatic carbocycles. The van der Waals surface area contributed by atoms with Gasteiger partial charge in [-0.2, -0.15) is 0 Å². The van der Waals surface area contributed by atoms with Crippen molar-refractivity contribution < 1.29 is 62.6 Å². The number of aliphatic hydroxyl groups is 1. The van der Waals surface area contributed by atoms with Gasteiger partial charge < -0.3 is 29.0 Å². The number of imide groups is 1. The first-order valence-electron chi connectivity index (χ1n) is 11.8. The molecule has 15 heteroatoms. The highest BCUT2D eigenvalue weighted by atomic mass is 16.7. The number of nitrogens with zero attached hydrogens (tertiary/aromatic N) is 2. The van der Waals surface area contributed by atoms with Crippen LogP contribution in [0.1, 0.15) is 64.2 Å². The summed E-state index contributed by atoms with van der Waals surface area (Å²) in [4.78, 5) is 90.2. The summed E-state index contributed by atoms with van der Waals surface area (Å²) in [7, 11) is 0. The summed E-state index contributed by atoms with van der Waals surface area (Å²) in [6, 6.07) is 0. The van der Waals surface area contributed by atoms with Crippen LogP contribution in [0.2, 0.25) is 0 Å². The van der Waals surface area contributed by atoms with Gasteiger partial charge in [-0.15, -0.1) is 10.1 Å². The van der Waals surface area contributed by atoms with E-state index >= 15 is 0 Å². The Balaban J connectivity index is 1.39. The molecule has 1 atom stereocenters. The number of carbonyl (C=O) groups excluding carboxylic acids is 7. The van der Waals surface area contributed by atoms with E-state index in [1.807, 2.05) is 0 Å². The van der Waals surface area contributed by atoms with Crippen molar-refractivity contribution in [3.8, 4) is 0 Å². The van der Waals surface area contributed by atoms with Gasteiger partial charge >= 0.3 is 23.9 Å². The van der Waals surface area contributed by atoms with E-state index in [1.165, 1.54) is 0 Å². The lowest BCUT2D eigenvalue weighted by molar-refractivity contribution is -0.220. The molecule has 0 aromatic rings. The maximum atomic E-state index is 11.7. The lowest BCUT2D eigenvalue weighted by atomic mass is 10.2. The first kappa shape index (κ1) is 29.6. The number of rotatable bonds is 16. The summed E-state index contributed by atoms with van der Waals surface area (Å²) in [5.74, 6) is -4.31. The maximum Gasteiger partial charge on any atom is 0.333 e.